The van der Waals surface area contributed by atoms with E-state index in [1.54, 1.807) is 11.7 Å². The van der Waals surface area contributed by atoms with Gasteiger partial charge in [0.05, 0.1) is 42.2 Å². The van der Waals surface area contributed by atoms with Crippen molar-refractivity contribution in [1.82, 2.24) is 4.57 Å². The van der Waals surface area contributed by atoms with Gasteiger partial charge in [0, 0.05) is 24.5 Å². The molecule has 1 atom stereocenters. The molecule has 9 heteroatoms. The van der Waals surface area contributed by atoms with Crippen LogP contribution in [0.5, 0.6) is 5.75 Å². The largest absolute Gasteiger partial charge is 0.497 e. The number of carbonyl (C=O) groups excluding carboxylic acids is 1. The van der Waals surface area contributed by atoms with Gasteiger partial charge in [0.15, 0.2) is 4.80 Å². The molecule has 41 heavy (non-hydrogen) atoms. The average molecular weight is 567 g/mol. The first-order valence-electron chi connectivity index (χ1n) is 13.5. The number of rotatable bonds is 6. The summed E-state index contributed by atoms with van der Waals surface area (Å²) in [5.41, 5.74) is 4.26. The Labute approximate surface area is 241 Å². The number of morpholine rings is 1. The van der Waals surface area contributed by atoms with Gasteiger partial charge in [0.2, 0.25) is 0 Å². The van der Waals surface area contributed by atoms with Crippen molar-refractivity contribution in [3.05, 3.63) is 121 Å². The molecule has 1 fully saturated rings. The van der Waals surface area contributed by atoms with Crippen molar-refractivity contribution in [1.29, 1.82) is 0 Å². The third kappa shape index (κ3) is 5.46. The number of hydrogen-bond acceptors (Lipinski definition) is 7. The summed E-state index contributed by atoms with van der Waals surface area (Å²) in [5, 5.41) is 2.98. The minimum atomic E-state index is -0.670. The topological polar surface area (TPSA) is 85.2 Å². The average Bonchev–Trinajstić information content (AvgIpc) is 3.31. The number of hydrogen-bond donors (Lipinski definition) is 1. The number of anilines is 2. The third-order valence-corrected chi connectivity index (χ3v) is 8.26. The zero-order valence-electron chi connectivity index (χ0n) is 22.9. The highest BCUT2D eigenvalue weighted by Gasteiger charge is 2.32. The number of benzene rings is 3. The summed E-state index contributed by atoms with van der Waals surface area (Å²) in [6, 6.07) is 24.3. The monoisotopic (exact) mass is 566 g/mol. The predicted octanol–water partition coefficient (Wildman–Crippen LogP) is 3.72. The predicted molar refractivity (Wildman–Crippen MR) is 161 cm³/mol. The molecule has 6 rings (SSSR count). The maximum absolute atomic E-state index is 14.0. The van der Waals surface area contributed by atoms with Crippen molar-refractivity contribution >= 4 is 34.7 Å². The van der Waals surface area contributed by atoms with E-state index in [0.717, 1.165) is 43.1 Å². The van der Waals surface area contributed by atoms with Crippen molar-refractivity contribution < 1.29 is 14.3 Å². The highest BCUT2D eigenvalue weighted by molar-refractivity contribution is 7.07. The lowest BCUT2D eigenvalue weighted by Crippen LogP contribution is -2.40. The Bertz CT molecular complexity index is 1790. The maximum atomic E-state index is 14.0. The number of nitrogens with zero attached hydrogens (tertiary/aromatic N) is 3. The lowest BCUT2D eigenvalue weighted by molar-refractivity contribution is -0.113. The molecule has 1 amide bonds. The van der Waals surface area contributed by atoms with Crippen LogP contribution in [0.25, 0.3) is 6.08 Å². The van der Waals surface area contributed by atoms with E-state index < -0.39 is 6.04 Å². The van der Waals surface area contributed by atoms with Crippen LogP contribution in [-0.4, -0.2) is 43.9 Å². The first-order chi connectivity index (χ1) is 20.0. The fourth-order valence-electron chi connectivity index (χ4n) is 5.21. The van der Waals surface area contributed by atoms with Gasteiger partial charge in [-0.2, -0.15) is 0 Å². The number of nitrogens with one attached hydrogen (secondary N) is 1. The van der Waals surface area contributed by atoms with Gasteiger partial charge < -0.3 is 19.7 Å². The molecule has 0 saturated carbocycles. The number of carbonyl (C=O) groups is 1. The van der Waals surface area contributed by atoms with Crippen LogP contribution < -0.4 is 29.8 Å². The zero-order chi connectivity index (χ0) is 28.3. The molecule has 0 radical (unpaired) electrons. The molecule has 1 saturated heterocycles. The summed E-state index contributed by atoms with van der Waals surface area (Å²) in [4.78, 5) is 35.3. The van der Waals surface area contributed by atoms with E-state index in [1.165, 1.54) is 11.3 Å². The Balaban J connectivity index is 1.42. The van der Waals surface area contributed by atoms with Crippen molar-refractivity contribution in [2.24, 2.45) is 4.99 Å². The number of methoxy groups -OCH3 is 1. The van der Waals surface area contributed by atoms with Crippen LogP contribution in [-0.2, 0) is 9.53 Å². The van der Waals surface area contributed by atoms with Crippen LogP contribution in [0.4, 0.5) is 11.4 Å². The molecule has 8 nitrogen and oxygen atoms in total. The quantitative estimate of drug-likeness (QED) is 0.385. The Hall–Kier alpha value is -4.47. The van der Waals surface area contributed by atoms with Crippen LogP contribution in [0.15, 0.2) is 99.9 Å². The van der Waals surface area contributed by atoms with E-state index >= 15 is 0 Å². The second kappa shape index (κ2) is 11.6. The Morgan fingerprint density at radius 2 is 1.80 bits per heavy atom. The Morgan fingerprint density at radius 1 is 1.05 bits per heavy atom. The first-order valence-corrected chi connectivity index (χ1v) is 14.3. The molecule has 3 heterocycles. The van der Waals surface area contributed by atoms with Crippen molar-refractivity contribution in [3.8, 4) is 5.75 Å². The summed E-state index contributed by atoms with van der Waals surface area (Å²) >= 11 is 1.32. The minimum absolute atomic E-state index is 0.198. The molecule has 0 unspecified atom stereocenters. The summed E-state index contributed by atoms with van der Waals surface area (Å²) < 4.78 is 13.1. The Kier molecular flexibility index (Phi) is 7.54. The zero-order valence-corrected chi connectivity index (χ0v) is 23.7. The fraction of sp³-hybridized carbons (Fsp3) is 0.219. The summed E-state index contributed by atoms with van der Waals surface area (Å²) in [7, 11) is 1.60. The molecule has 0 spiro atoms. The lowest BCUT2D eigenvalue weighted by atomic mass is 9.95. The number of ether oxygens (including phenoxy) is 2. The molecule has 0 bridgehead atoms. The minimum Gasteiger partial charge on any atom is -0.497 e. The Morgan fingerprint density at radius 3 is 2.54 bits per heavy atom. The number of amides is 1. The molecular formula is C32H30N4O4S. The SMILES string of the molecule is COc1cccc([C@H]2C(C(=O)Nc3ccccc3)=C(C)N=c3s/c(=C/c4ccc(N5CCOCC5)cc4)c(=O)n32)c1. The molecule has 4 aromatic rings. The molecule has 1 N–H and O–H groups in total. The van der Waals surface area contributed by atoms with Crippen molar-refractivity contribution in [2.75, 3.05) is 43.6 Å². The van der Waals surface area contributed by atoms with Gasteiger partial charge in [0.25, 0.3) is 11.5 Å². The second-order valence-corrected chi connectivity index (χ2v) is 10.9. The van der Waals surface area contributed by atoms with Gasteiger partial charge in [-0.15, -0.1) is 0 Å². The van der Waals surface area contributed by atoms with Crippen LogP contribution in [0.3, 0.4) is 0 Å². The van der Waals surface area contributed by atoms with E-state index in [1.807, 2.05) is 79.7 Å². The van der Waals surface area contributed by atoms with Gasteiger partial charge in [-0.3, -0.25) is 14.2 Å². The number of thiazole rings is 1. The van der Waals surface area contributed by atoms with E-state index in [0.29, 0.717) is 32.0 Å². The molecule has 208 valence electrons. The van der Waals surface area contributed by atoms with E-state index in [-0.39, 0.29) is 11.5 Å². The number of allylic oxidation sites excluding steroid dienone is 1. The van der Waals surface area contributed by atoms with Gasteiger partial charge >= 0.3 is 0 Å². The smallest absolute Gasteiger partial charge is 0.271 e. The molecule has 1 aromatic heterocycles. The van der Waals surface area contributed by atoms with E-state index in [9.17, 15) is 9.59 Å². The summed E-state index contributed by atoms with van der Waals surface area (Å²) in [5.74, 6) is 0.334. The van der Waals surface area contributed by atoms with Gasteiger partial charge in [-0.1, -0.05) is 53.8 Å². The number of para-hydroxylation sites is 1. The van der Waals surface area contributed by atoms with Gasteiger partial charge in [0.1, 0.15) is 5.75 Å². The molecule has 0 aliphatic carbocycles. The number of fused-ring (bicyclic) bond motifs is 1. The fourth-order valence-corrected chi connectivity index (χ4v) is 6.26. The summed E-state index contributed by atoms with van der Waals surface area (Å²) in [6.07, 6.45) is 1.89. The molecule has 2 aliphatic heterocycles. The standard InChI is InChI=1S/C32H30N4O4S/c1-21-28(30(37)34-24-8-4-3-5-9-24)29(23-7-6-10-26(20-23)39-2)36-31(38)27(41-32(36)33-21)19-22-11-13-25(14-12-22)35-15-17-40-18-16-35/h3-14,19-20,29H,15-18H2,1-2H3,(H,34,37)/b27-19+/t29-/m0/s1. The molecule has 2 aliphatic rings. The highest BCUT2D eigenvalue weighted by atomic mass is 32.1. The van der Waals surface area contributed by atoms with Crippen molar-refractivity contribution in [3.63, 3.8) is 0 Å². The van der Waals surface area contributed by atoms with Crippen molar-refractivity contribution in [2.45, 2.75) is 13.0 Å². The van der Waals surface area contributed by atoms with Crippen LogP contribution in [0.1, 0.15) is 24.1 Å². The van der Waals surface area contributed by atoms with Crippen LogP contribution in [0.2, 0.25) is 0 Å². The lowest BCUT2D eigenvalue weighted by Gasteiger charge is -2.28. The van der Waals surface area contributed by atoms with Gasteiger partial charge in [-0.25, -0.2) is 4.99 Å². The number of aromatic nitrogens is 1. The van der Waals surface area contributed by atoms with Crippen LogP contribution in [0, 0.1) is 0 Å². The van der Waals surface area contributed by atoms with E-state index in [4.69, 9.17) is 14.5 Å². The first kappa shape index (κ1) is 26.7. The molecular weight excluding hydrogens is 536 g/mol. The van der Waals surface area contributed by atoms with E-state index in [2.05, 4.69) is 22.3 Å². The molecule has 3 aromatic carbocycles. The van der Waals surface area contributed by atoms with Gasteiger partial charge in [-0.05, 0) is 60.5 Å². The summed E-state index contributed by atoms with van der Waals surface area (Å²) in [6.45, 7) is 4.99. The highest BCUT2D eigenvalue weighted by Crippen LogP contribution is 2.32. The maximum Gasteiger partial charge on any atom is 0.271 e. The second-order valence-electron chi connectivity index (χ2n) is 9.87. The third-order valence-electron chi connectivity index (χ3n) is 7.27. The normalized spacial score (nSPS) is 17.2. The van der Waals surface area contributed by atoms with Crippen LogP contribution >= 0.6 is 11.3 Å².